The summed E-state index contributed by atoms with van der Waals surface area (Å²) in [5.74, 6) is 0. The fraction of sp³-hybridized carbons (Fsp3) is 1.00. The van der Waals surface area contributed by atoms with Crippen LogP contribution in [0, 0.1) is 0 Å². The summed E-state index contributed by atoms with van der Waals surface area (Å²) < 4.78 is 32.8. The maximum atomic E-state index is 10.9. The zero-order chi connectivity index (χ0) is 5.91. The largest absolute Gasteiger partial charge is 0.457 e. The standard InChI is InChI=1S/C3H6F3N/c1-2-7-3(4,5)6/h7H,2H2,1H3. The first-order valence-electron chi connectivity index (χ1n) is 1.88. The van der Waals surface area contributed by atoms with Crippen molar-refractivity contribution >= 4 is 0 Å². The van der Waals surface area contributed by atoms with Crippen LogP contribution in [0.5, 0.6) is 0 Å². The first-order valence-corrected chi connectivity index (χ1v) is 1.88. The number of alkyl halides is 3. The number of rotatable bonds is 1. The molecule has 44 valence electrons. The van der Waals surface area contributed by atoms with E-state index in [9.17, 15) is 13.2 Å². The predicted molar refractivity (Wildman–Crippen MR) is 19.7 cm³/mol. The SMILES string of the molecule is CCNC(F)(F)F. The topological polar surface area (TPSA) is 12.0 Å². The Morgan fingerprint density at radius 2 is 1.86 bits per heavy atom. The van der Waals surface area contributed by atoms with Gasteiger partial charge in [0.25, 0.3) is 0 Å². The molecule has 0 radical (unpaired) electrons. The molecule has 4 heteroatoms. The molecule has 0 heterocycles. The fourth-order valence-electron chi connectivity index (χ4n) is 0.200. The van der Waals surface area contributed by atoms with E-state index in [-0.39, 0.29) is 6.54 Å². The van der Waals surface area contributed by atoms with E-state index in [4.69, 9.17) is 0 Å². The highest BCUT2D eigenvalue weighted by atomic mass is 19.4. The zero-order valence-corrected chi connectivity index (χ0v) is 3.84. The van der Waals surface area contributed by atoms with Gasteiger partial charge in [-0.1, -0.05) is 6.92 Å². The number of hydrogen-bond acceptors (Lipinski definition) is 1. The summed E-state index contributed by atoms with van der Waals surface area (Å²) in [6, 6.07) is 0. The summed E-state index contributed by atoms with van der Waals surface area (Å²) >= 11 is 0. The van der Waals surface area contributed by atoms with E-state index >= 15 is 0 Å². The average Bonchev–Trinajstić information content (AvgIpc) is 1.30. The normalized spacial score (nSPS) is 12.0. The molecule has 0 aliphatic heterocycles. The van der Waals surface area contributed by atoms with Crippen LogP contribution < -0.4 is 5.32 Å². The number of halogens is 3. The molecule has 1 N–H and O–H groups in total. The molecule has 0 aromatic heterocycles. The van der Waals surface area contributed by atoms with Crippen molar-refractivity contribution in [3.05, 3.63) is 0 Å². The lowest BCUT2D eigenvalue weighted by Gasteiger charge is -2.02. The summed E-state index contributed by atoms with van der Waals surface area (Å²) in [6.45, 7) is 1.33. The summed E-state index contributed by atoms with van der Waals surface area (Å²) in [5.41, 5.74) is 0. The molecular formula is C3H6F3N. The Hall–Kier alpha value is -0.250. The molecule has 0 saturated heterocycles. The molecule has 0 bridgehead atoms. The van der Waals surface area contributed by atoms with E-state index in [0.717, 1.165) is 0 Å². The first kappa shape index (κ1) is 6.75. The van der Waals surface area contributed by atoms with Gasteiger partial charge in [0.05, 0.1) is 0 Å². The molecule has 0 unspecified atom stereocenters. The minimum Gasteiger partial charge on any atom is -0.228 e. The van der Waals surface area contributed by atoms with Gasteiger partial charge in [-0.2, -0.15) is 13.2 Å². The van der Waals surface area contributed by atoms with Crippen molar-refractivity contribution in [2.75, 3.05) is 6.54 Å². The van der Waals surface area contributed by atoms with Gasteiger partial charge >= 0.3 is 6.30 Å². The third-order valence-corrected chi connectivity index (χ3v) is 0.377. The van der Waals surface area contributed by atoms with Gasteiger partial charge in [0.15, 0.2) is 0 Å². The highest BCUT2D eigenvalue weighted by Gasteiger charge is 2.24. The molecule has 0 aromatic carbocycles. The molecule has 0 rings (SSSR count). The molecule has 7 heavy (non-hydrogen) atoms. The molecule has 1 nitrogen and oxygen atoms in total. The third-order valence-electron chi connectivity index (χ3n) is 0.377. The van der Waals surface area contributed by atoms with Gasteiger partial charge in [-0.3, -0.25) is 0 Å². The van der Waals surface area contributed by atoms with Crippen LogP contribution in [-0.2, 0) is 0 Å². The van der Waals surface area contributed by atoms with Crippen LogP contribution in [0.4, 0.5) is 13.2 Å². The lowest BCUT2D eigenvalue weighted by atomic mass is 10.8. The molecule has 0 saturated carbocycles. The monoisotopic (exact) mass is 113 g/mol. The summed E-state index contributed by atoms with van der Waals surface area (Å²) in [5, 5.41) is 1.28. The van der Waals surface area contributed by atoms with Crippen LogP contribution in [0.1, 0.15) is 6.92 Å². The van der Waals surface area contributed by atoms with Gasteiger partial charge in [0, 0.05) is 6.54 Å². The van der Waals surface area contributed by atoms with Crippen molar-refractivity contribution in [2.24, 2.45) is 0 Å². The first-order chi connectivity index (χ1) is 3.06. The highest BCUT2D eigenvalue weighted by molar-refractivity contribution is 4.40. The number of hydrogen-bond donors (Lipinski definition) is 1. The number of nitrogens with one attached hydrogen (secondary N) is 1. The second-order valence-electron chi connectivity index (χ2n) is 1.03. The van der Waals surface area contributed by atoms with E-state index < -0.39 is 6.30 Å². The maximum absolute atomic E-state index is 10.9. The van der Waals surface area contributed by atoms with Crippen LogP contribution in [-0.4, -0.2) is 12.8 Å². The molecule has 0 aromatic rings. The van der Waals surface area contributed by atoms with Crippen molar-refractivity contribution in [3.8, 4) is 0 Å². The second kappa shape index (κ2) is 2.16. The highest BCUT2D eigenvalue weighted by Crippen LogP contribution is 2.07. The van der Waals surface area contributed by atoms with Gasteiger partial charge in [-0.25, -0.2) is 5.32 Å². The van der Waals surface area contributed by atoms with Gasteiger partial charge < -0.3 is 0 Å². The minimum absolute atomic E-state index is 0.0660. The molecule has 0 spiro atoms. The van der Waals surface area contributed by atoms with Crippen molar-refractivity contribution < 1.29 is 13.2 Å². The molecule has 0 atom stereocenters. The van der Waals surface area contributed by atoms with Crippen LogP contribution in [0.15, 0.2) is 0 Å². The average molecular weight is 113 g/mol. The van der Waals surface area contributed by atoms with E-state index in [1.807, 2.05) is 0 Å². The van der Waals surface area contributed by atoms with Gasteiger partial charge in [0.1, 0.15) is 0 Å². The Morgan fingerprint density at radius 1 is 1.43 bits per heavy atom. The lowest BCUT2D eigenvalue weighted by Crippen LogP contribution is -2.30. The third kappa shape index (κ3) is 5.75. The van der Waals surface area contributed by atoms with Crippen molar-refractivity contribution in [1.29, 1.82) is 0 Å². The Bertz CT molecular complexity index is 48.6. The Kier molecular flexibility index (Phi) is 2.08. The maximum Gasteiger partial charge on any atom is 0.457 e. The minimum atomic E-state index is -4.20. The Labute approximate surface area is 39.5 Å². The van der Waals surface area contributed by atoms with Crippen molar-refractivity contribution in [2.45, 2.75) is 13.2 Å². The molecule has 0 aliphatic rings. The molecule has 0 fully saturated rings. The zero-order valence-electron chi connectivity index (χ0n) is 3.84. The summed E-state index contributed by atoms with van der Waals surface area (Å²) in [7, 11) is 0. The molecular weight excluding hydrogens is 107 g/mol. The van der Waals surface area contributed by atoms with Crippen molar-refractivity contribution in [1.82, 2.24) is 5.32 Å². The lowest BCUT2D eigenvalue weighted by molar-refractivity contribution is -0.155. The van der Waals surface area contributed by atoms with Gasteiger partial charge in [0.2, 0.25) is 0 Å². The Balaban J connectivity index is 3.15. The summed E-state index contributed by atoms with van der Waals surface area (Å²) in [6.07, 6.45) is -4.20. The van der Waals surface area contributed by atoms with Crippen LogP contribution in [0.3, 0.4) is 0 Å². The molecule has 0 aliphatic carbocycles. The van der Waals surface area contributed by atoms with E-state index in [0.29, 0.717) is 0 Å². The summed E-state index contributed by atoms with van der Waals surface area (Å²) in [4.78, 5) is 0. The van der Waals surface area contributed by atoms with E-state index in [1.54, 1.807) is 0 Å². The van der Waals surface area contributed by atoms with Crippen molar-refractivity contribution in [3.63, 3.8) is 0 Å². The van der Waals surface area contributed by atoms with Gasteiger partial charge in [-0.05, 0) is 0 Å². The molecule has 0 amide bonds. The quantitative estimate of drug-likeness (QED) is 0.502. The van der Waals surface area contributed by atoms with Crippen LogP contribution in [0.25, 0.3) is 0 Å². The van der Waals surface area contributed by atoms with E-state index in [1.165, 1.54) is 12.2 Å². The van der Waals surface area contributed by atoms with E-state index in [2.05, 4.69) is 0 Å². The van der Waals surface area contributed by atoms with Gasteiger partial charge in [-0.15, -0.1) is 0 Å². The second-order valence-corrected chi connectivity index (χ2v) is 1.03. The predicted octanol–water partition coefficient (Wildman–Crippen LogP) is 1.12. The van der Waals surface area contributed by atoms with Crippen LogP contribution in [0.2, 0.25) is 0 Å². The smallest absolute Gasteiger partial charge is 0.228 e. The fourth-order valence-corrected chi connectivity index (χ4v) is 0.200. The Morgan fingerprint density at radius 3 is 1.86 bits per heavy atom. The van der Waals surface area contributed by atoms with Crippen LogP contribution >= 0.6 is 0 Å².